The van der Waals surface area contributed by atoms with Gasteiger partial charge in [0.15, 0.2) is 0 Å². The van der Waals surface area contributed by atoms with E-state index in [1.807, 2.05) is 45.8 Å². The van der Waals surface area contributed by atoms with Gasteiger partial charge >= 0.3 is 0 Å². The smallest absolute Gasteiger partial charge is 0.268 e. The Kier molecular flexibility index (Phi) is 8.05. The summed E-state index contributed by atoms with van der Waals surface area (Å²) in [5.41, 5.74) is 3.04. The normalized spacial score (nSPS) is 19.6. The first kappa shape index (κ1) is 26.7. The molecular formula is C30H38ClN5O2. The highest BCUT2D eigenvalue weighted by molar-refractivity contribution is 6.30. The lowest BCUT2D eigenvalue weighted by Crippen LogP contribution is -2.47. The van der Waals surface area contributed by atoms with Crippen LogP contribution in [-0.2, 0) is 16.6 Å². The molecule has 1 saturated carbocycles. The van der Waals surface area contributed by atoms with Crippen molar-refractivity contribution in [3.63, 3.8) is 0 Å². The van der Waals surface area contributed by atoms with Gasteiger partial charge in [-0.25, -0.2) is 4.98 Å². The zero-order chi connectivity index (χ0) is 26.7. The number of fused-ring (bicyclic) bond motifs is 1. The third kappa shape index (κ3) is 5.74. The van der Waals surface area contributed by atoms with E-state index < -0.39 is 0 Å². The fraction of sp³-hybridized carbons (Fsp3) is 0.500. The van der Waals surface area contributed by atoms with Crippen LogP contribution in [0.2, 0.25) is 5.02 Å². The maximum absolute atomic E-state index is 13.4. The SMILES string of the molecule is CN(C)C1CCCN(C(=O)Cc2cn3c(C(=O)NCC4(c5ccc(Cl)cc5)CCCCC4)cccc3n2)C1. The number of likely N-dealkylation sites (N-methyl/N-ethyl adjacent to an activating group) is 1. The quantitative estimate of drug-likeness (QED) is 0.475. The lowest BCUT2D eigenvalue weighted by molar-refractivity contribution is -0.132. The standard InChI is InChI=1S/C30H38ClN5O2/c1-34(2)25-8-7-17-35(20-25)28(37)18-24-19-36-26(9-6-10-27(36)33-24)29(38)32-21-30(15-4-3-5-16-30)22-11-13-23(31)14-12-22/h6,9-14,19,25H,3-5,7-8,15-18,20-21H2,1-2H3,(H,32,38). The van der Waals surface area contributed by atoms with Crippen molar-refractivity contribution in [3.05, 3.63) is 70.6 Å². The summed E-state index contributed by atoms with van der Waals surface area (Å²) in [5.74, 6) is -0.0391. The van der Waals surface area contributed by atoms with Gasteiger partial charge in [-0.05, 0) is 69.6 Å². The molecule has 38 heavy (non-hydrogen) atoms. The van der Waals surface area contributed by atoms with Gasteiger partial charge < -0.3 is 15.1 Å². The van der Waals surface area contributed by atoms with Crippen molar-refractivity contribution in [2.75, 3.05) is 33.7 Å². The average Bonchev–Trinajstić information content (AvgIpc) is 3.35. The molecule has 2 amide bonds. The minimum atomic E-state index is -0.130. The number of hydrogen-bond donors (Lipinski definition) is 1. The summed E-state index contributed by atoms with van der Waals surface area (Å²) in [7, 11) is 4.14. The lowest BCUT2D eigenvalue weighted by Gasteiger charge is -2.38. The van der Waals surface area contributed by atoms with Crippen LogP contribution in [0.1, 0.15) is 66.7 Å². The van der Waals surface area contributed by atoms with E-state index in [0.29, 0.717) is 29.6 Å². The van der Waals surface area contributed by atoms with Gasteiger partial charge in [-0.15, -0.1) is 0 Å². The Hall–Kier alpha value is -2.90. The van der Waals surface area contributed by atoms with Gasteiger partial charge in [0.1, 0.15) is 11.3 Å². The predicted molar refractivity (Wildman–Crippen MR) is 151 cm³/mol. The molecule has 8 heteroatoms. The number of nitrogens with one attached hydrogen (secondary N) is 1. The van der Waals surface area contributed by atoms with Crippen LogP contribution in [0.3, 0.4) is 0 Å². The number of carbonyl (C=O) groups excluding carboxylic acids is 2. The van der Waals surface area contributed by atoms with E-state index in [-0.39, 0.29) is 23.7 Å². The number of carbonyl (C=O) groups is 2. The van der Waals surface area contributed by atoms with E-state index in [0.717, 1.165) is 56.6 Å². The highest BCUT2D eigenvalue weighted by Crippen LogP contribution is 2.39. The Labute approximate surface area is 230 Å². The molecule has 1 N–H and O–H groups in total. The first-order valence-electron chi connectivity index (χ1n) is 13.8. The van der Waals surface area contributed by atoms with Crippen LogP contribution in [0.15, 0.2) is 48.7 Å². The van der Waals surface area contributed by atoms with Gasteiger partial charge in [-0.1, -0.05) is 49.1 Å². The van der Waals surface area contributed by atoms with E-state index in [2.05, 4.69) is 41.4 Å². The molecule has 2 aliphatic rings. The van der Waals surface area contributed by atoms with Gasteiger partial charge in [0.25, 0.3) is 5.91 Å². The third-order valence-electron chi connectivity index (χ3n) is 8.44. The van der Waals surface area contributed by atoms with Crippen molar-refractivity contribution in [1.29, 1.82) is 0 Å². The summed E-state index contributed by atoms with van der Waals surface area (Å²) in [6, 6.07) is 14.0. The van der Waals surface area contributed by atoms with Crippen molar-refractivity contribution >= 4 is 29.1 Å². The first-order valence-corrected chi connectivity index (χ1v) is 14.2. The van der Waals surface area contributed by atoms with Crippen LogP contribution in [0.25, 0.3) is 5.65 Å². The number of rotatable bonds is 7. The van der Waals surface area contributed by atoms with Gasteiger partial charge in [0.2, 0.25) is 5.91 Å². The topological polar surface area (TPSA) is 70.0 Å². The maximum atomic E-state index is 13.4. The fourth-order valence-electron chi connectivity index (χ4n) is 6.14. The van der Waals surface area contributed by atoms with Crippen LogP contribution >= 0.6 is 11.6 Å². The molecule has 0 spiro atoms. The highest BCUT2D eigenvalue weighted by atomic mass is 35.5. The number of piperidine rings is 1. The summed E-state index contributed by atoms with van der Waals surface area (Å²) in [6.07, 6.45) is 9.83. The molecule has 2 aromatic heterocycles. The van der Waals surface area contributed by atoms with Crippen LogP contribution < -0.4 is 5.32 Å². The second kappa shape index (κ2) is 11.5. The number of aromatic nitrogens is 2. The Morgan fingerprint density at radius 3 is 2.58 bits per heavy atom. The van der Waals surface area contributed by atoms with Gasteiger partial charge in [-0.2, -0.15) is 0 Å². The number of hydrogen-bond acceptors (Lipinski definition) is 4. The molecule has 5 rings (SSSR count). The molecule has 1 saturated heterocycles. The van der Waals surface area contributed by atoms with Gasteiger partial charge in [-0.3, -0.25) is 14.0 Å². The molecule has 1 aliphatic heterocycles. The van der Waals surface area contributed by atoms with E-state index in [1.165, 1.54) is 12.0 Å². The predicted octanol–water partition coefficient (Wildman–Crippen LogP) is 4.71. The largest absolute Gasteiger partial charge is 0.350 e. The fourth-order valence-corrected chi connectivity index (χ4v) is 6.27. The summed E-state index contributed by atoms with van der Waals surface area (Å²) in [5, 5.41) is 3.96. The Morgan fingerprint density at radius 1 is 1.08 bits per heavy atom. The van der Waals surface area contributed by atoms with Crippen LogP contribution in [0.5, 0.6) is 0 Å². The van der Waals surface area contributed by atoms with E-state index >= 15 is 0 Å². The van der Waals surface area contributed by atoms with Crippen LogP contribution in [0.4, 0.5) is 0 Å². The van der Waals surface area contributed by atoms with Gasteiger partial charge in [0.05, 0.1) is 12.1 Å². The maximum Gasteiger partial charge on any atom is 0.268 e. The number of likely N-dealkylation sites (tertiary alicyclic amines) is 1. The third-order valence-corrected chi connectivity index (χ3v) is 8.69. The van der Waals surface area contributed by atoms with E-state index in [1.54, 1.807) is 0 Å². The highest BCUT2D eigenvalue weighted by Gasteiger charge is 2.34. The average molecular weight is 536 g/mol. The van der Waals surface area contributed by atoms with Crippen molar-refractivity contribution in [2.24, 2.45) is 0 Å². The zero-order valence-electron chi connectivity index (χ0n) is 22.5. The Bertz CT molecular complexity index is 1280. The summed E-state index contributed by atoms with van der Waals surface area (Å²) < 4.78 is 1.81. The summed E-state index contributed by atoms with van der Waals surface area (Å²) in [6.45, 7) is 2.12. The minimum Gasteiger partial charge on any atom is -0.350 e. The van der Waals surface area contributed by atoms with Gasteiger partial charge in [0, 0.05) is 42.3 Å². The van der Waals surface area contributed by atoms with Crippen LogP contribution in [0, 0.1) is 0 Å². The molecule has 0 bridgehead atoms. The molecule has 202 valence electrons. The molecular weight excluding hydrogens is 498 g/mol. The first-order chi connectivity index (χ1) is 18.3. The Balaban J connectivity index is 1.30. The molecule has 1 atom stereocenters. The molecule has 7 nitrogen and oxygen atoms in total. The summed E-state index contributed by atoms with van der Waals surface area (Å²) >= 11 is 6.15. The molecule has 1 aromatic carbocycles. The summed E-state index contributed by atoms with van der Waals surface area (Å²) in [4.78, 5) is 35.3. The molecule has 3 heterocycles. The molecule has 1 unspecified atom stereocenters. The monoisotopic (exact) mass is 535 g/mol. The number of halogens is 1. The molecule has 2 fully saturated rings. The van der Waals surface area contributed by atoms with E-state index in [9.17, 15) is 9.59 Å². The zero-order valence-corrected chi connectivity index (χ0v) is 23.2. The van der Waals surface area contributed by atoms with Crippen LogP contribution in [-0.4, -0.2) is 70.8 Å². The number of imidazole rings is 1. The Morgan fingerprint density at radius 2 is 1.84 bits per heavy atom. The number of benzene rings is 1. The minimum absolute atomic E-state index is 0.0855. The van der Waals surface area contributed by atoms with Crippen molar-refractivity contribution in [1.82, 2.24) is 24.5 Å². The molecule has 3 aromatic rings. The van der Waals surface area contributed by atoms with Crippen molar-refractivity contribution in [3.8, 4) is 0 Å². The second-order valence-corrected chi connectivity index (χ2v) is 11.6. The molecule has 1 aliphatic carbocycles. The second-order valence-electron chi connectivity index (χ2n) is 11.2. The number of nitrogens with zero attached hydrogens (tertiary/aromatic N) is 4. The van der Waals surface area contributed by atoms with E-state index in [4.69, 9.17) is 11.6 Å². The van der Waals surface area contributed by atoms with Crippen molar-refractivity contribution in [2.45, 2.75) is 62.8 Å². The van der Waals surface area contributed by atoms with Crippen molar-refractivity contribution < 1.29 is 9.59 Å². The molecule has 0 radical (unpaired) electrons. The number of pyridine rings is 1. The number of amides is 2. The lowest BCUT2D eigenvalue weighted by atomic mass is 9.69.